The highest BCUT2D eigenvalue weighted by Gasteiger charge is 2.08. The van der Waals surface area contributed by atoms with Crippen LogP contribution in [0, 0.1) is 0 Å². The molecule has 1 aromatic carbocycles. The van der Waals surface area contributed by atoms with Crippen LogP contribution < -0.4 is 10.1 Å². The summed E-state index contributed by atoms with van der Waals surface area (Å²) in [4.78, 5) is 0. The van der Waals surface area contributed by atoms with Crippen molar-refractivity contribution >= 4 is 0 Å². The summed E-state index contributed by atoms with van der Waals surface area (Å²) in [5.74, 6) is 0.701. The third kappa shape index (κ3) is 9.67. The van der Waals surface area contributed by atoms with E-state index in [1.807, 2.05) is 43.3 Å². The molecule has 0 heterocycles. The summed E-state index contributed by atoms with van der Waals surface area (Å²) in [5.41, 5.74) is 2.61. The van der Waals surface area contributed by atoms with Crippen LogP contribution in [0.1, 0.15) is 12.5 Å². The zero-order valence-corrected chi connectivity index (χ0v) is 16.9. The van der Waals surface area contributed by atoms with Crippen LogP contribution in [0.3, 0.4) is 0 Å². The molecule has 0 spiro atoms. The smallest absolute Gasteiger partial charge is 0.119 e. The van der Waals surface area contributed by atoms with Gasteiger partial charge in [-0.15, -0.1) is 0 Å². The monoisotopic (exact) mass is 387 g/mol. The van der Waals surface area contributed by atoms with Crippen molar-refractivity contribution in [2.75, 3.05) is 33.4 Å². The molecule has 0 aliphatic heterocycles. The van der Waals surface area contributed by atoms with E-state index in [1.54, 1.807) is 19.3 Å². The van der Waals surface area contributed by atoms with Crippen molar-refractivity contribution in [2.45, 2.75) is 25.6 Å². The second-order valence-corrected chi connectivity index (χ2v) is 6.54. The van der Waals surface area contributed by atoms with Crippen LogP contribution in [0.5, 0.6) is 5.75 Å². The van der Waals surface area contributed by atoms with Crippen molar-refractivity contribution in [3.63, 3.8) is 0 Å². The lowest BCUT2D eigenvalue weighted by molar-refractivity contribution is 0.138. The fourth-order valence-corrected chi connectivity index (χ4v) is 2.32. The summed E-state index contributed by atoms with van der Waals surface area (Å²) in [6.45, 7) is 11.2. The zero-order chi connectivity index (χ0) is 20.8. The minimum Gasteiger partial charge on any atom is -0.491 e. The normalized spacial score (nSPS) is 14.1. The lowest BCUT2D eigenvalue weighted by atomic mass is 10.1. The molecule has 1 aromatic rings. The summed E-state index contributed by atoms with van der Waals surface area (Å²) in [7, 11) is 1.63. The standard InChI is InChI=1S/C23H33NO4/c1-5-20(8-6-7-15-27-4)23(26)17-28-21-11-9-19(10-12-21)13-14-24-16-22(25)18(2)3/h5-12,22-26H,1-2,13-17H2,3-4H3/b7-6-,20-8+. The molecule has 0 amide bonds. The number of hydrogen-bond donors (Lipinski definition) is 3. The Labute approximate surface area is 168 Å². The number of rotatable bonds is 14. The molecule has 28 heavy (non-hydrogen) atoms. The molecule has 3 N–H and O–H groups in total. The van der Waals surface area contributed by atoms with Gasteiger partial charge in [-0.25, -0.2) is 0 Å². The molecule has 2 atom stereocenters. The average Bonchev–Trinajstić information content (AvgIpc) is 2.70. The number of hydrogen-bond acceptors (Lipinski definition) is 5. The number of allylic oxidation sites excluding steroid dienone is 2. The van der Waals surface area contributed by atoms with Gasteiger partial charge in [-0.05, 0) is 43.2 Å². The van der Waals surface area contributed by atoms with Gasteiger partial charge in [0.15, 0.2) is 0 Å². The van der Waals surface area contributed by atoms with E-state index in [2.05, 4.69) is 18.5 Å². The number of ether oxygens (including phenoxy) is 2. The number of benzene rings is 1. The molecule has 0 aromatic heterocycles. The third-order valence-electron chi connectivity index (χ3n) is 4.14. The summed E-state index contributed by atoms with van der Waals surface area (Å²) in [6, 6.07) is 7.77. The van der Waals surface area contributed by atoms with Gasteiger partial charge in [-0.3, -0.25) is 0 Å². The van der Waals surface area contributed by atoms with Crippen molar-refractivity contribution in [3.8, 4) is 5.75 Å². The number of aliphatic hydroxyl groups is 2. The van der Waals surface area contributed by atoms with E-state index >= 15 is 0 Å². The van der Waals surface area contributed by atoms with Gasteiger partial charge in [0, 0.05) is 13.7 Å². The predicted octanol–water partition coefficient (Wildman–Crippen LogP) is 2.81. The highest BCUT2D eigenvalue weighted by Crippen LogP contribution is 2.14. The van der Waals surface area contributed by atoms with Gasteiger partial charge in [-0.1, -0.05) is 55.2 Å². The van der Waals surface area contributed by atoms with Gasteiger partial charge in [0.2, 0.25) is 0 Å². The average molecular weight is 388 g/mol. The first-order valence-corrected chi connectivity index (χ1v) is 9.40. The van der Waals surface area contributed by atoms with Gasteiger partial charge in [-0.2, -0.15) is 0 Å². The molecule has 1 rings (SSSR count). The van der Waals surface area contributed by atoms with Gasteiger partial charge in [0.05, 0.1) is 12.7 Å². The van der Waals surface area contributed by atoms with Crippen LogP contribution in [0.15, 0.2) is 72.9 Å². The highest BCUT2D eigenvalue weighted by atomic mass is 16.5. The first kappa shape index (κ1) is 23.9. The minimum atomic E-state index is -0.756. The molecule has 0 aliphatic carbocycles. The van der Waals surface area contributed by atoms with Crippen molar-refractivity contribution in [1.82, 2.24) is 5.32 Å². The Balaban J connectivity index is 2.41. The molecular weight excluding hydrogens is 354 g/mol. The van der Waals surface area contributed by atoms with Crippen LogP contribution in [-0.2, 0) is 11.2 Å². The van der Waals surface area contributed by atoms with Crippen LogP contribution in [-0.4, -0.2) is 55.8 Å². The summed E-state index contributed by atoms with van der Waals surface area (Å²) in [5, 5.41) is 23.1. The van der Waals surface area contributed by atoms with Crippen molar-refractivity contribution in [2.24, 2.45) is 0 Å². The van der Waals surface area contributed by atoms with E-state index in [1.165, 1.54) is 5.56 Å². The van der Waals surface area contributed by atoms with Crippen LogP contribution in [0.4, 0.5) is 0 Å². The SMILES string of the molecule is C=C/C(=C\C=C/COC)C(O)COc1ccc(CCNCC(O)C(=C)C)cc1. The quantitative estimate of drug-likeness (QED) is 0.260. The minimum absolute atomic E-state index is 0.148. The van der Waals surface area contributed by atoms with Crippen molar-refractivity contribution < 1.29 is 19.7 Å². The third-order valence-corrected chi connectivity index (χ3v) is 4.14. The molecular formula is C23H33NO4. The Morgan fingerprint density at radius 2 is 1.93 bits per heavy atom. The number of methoxy groups -OCH3 is 1. The topological polar surface area (TPSA) is 71.0 Å². The predicted molar refractivity (Wildman–Crippen MR) is 115 cm³/mol. The Morgan fingerprint density at radius 1 is 1.21 bits per heavy atom. The Kier molecular flexibility index (Phi) is 11.9. The molecule has 0 saturated heterocycles. The zero-order valence-electron chi connectivity index (χ0n) is 16.9. The van der Waals surface area contributed by atoms with E-state index < -0.39 is 12.2 Å². The number of aliphatic hydroxyl groups excluding tert-OH is 2. The summed E-state index contributed by atoms with van der Waals surface area (Å²) in [6.07, 6.45) is 6.67. The second kappa shape index (κ2) is 13.9. The Morgan fingerprint density at radius 3 is 2.54 bits per heavy atom. The molecule has 0 aliphatic rings. The highest BCUT2D eigenvalue weighted by molar-refractivity contribution is 5.29. The van der Waals surface area contributed by atoms with E-state index in [0.717, 1.165) is 18.5 Å². The molecule has 0 fully saturated rings. The van der Waals surface area contributed by atoms with Gasteiger partial charge in [0.25, 0.3) is 0 Å². The molecule has 154 valence electrons. The molecule has 2 unspecified atom stereocenters. The fourth-order valence-electron chi connectivity index (χ4n) is 2.32. The van der Waals surface area contributed by atoms with Crippen LogP contribution in [0.2, 0.25) is 0 Å². The van der Waals surface area contributed by atoms with E-state index in [-0.39, 0.29) is 6.61 Å². The maximum atomic E-state index is 10.2. The van der Waals surface area contributed by atoms with Crippen molar-refractivity contribution in [1.29, 1.82) is 0 Å². The van der Waals surface area contributed by atoms with Gasteiger partial charge < -0.3 is 25.0 Å². The molecule has 0 bridgehead atoms. The fraction of sp³-hybridized carbons (Fsp3) is 0.391. The molecule has 5 nitrogen and oxygen atoms in total. The molecule has 0 saturated carbocycles. The molecule has 0 radical (unpaired) electrons. The Bertz CT molecular complexity index is 649. The van der Waals surface area contributed by atoms with Gasteiger partial charge in [0.1, 0.15) is 18.5 Å². The maximum Gasteiger partial charge on any atom is 0.119 e. The first-order chi connectivity index (χ1) is 13.5. The maximum absolute atomic E-state index is 10.2. The first-order valence-electron chi connectivity index (χ1n) is 9.40. The largest absolute Gasteiger partial charge is 0.491 e. The van der Waals surface area contributed by atoms with Crippen molar-refractivity contribution in [3.05, 3.63) is 78.4 Å². The van der Waals surface area contributed by atoms with Gasteiger partial charge >= 0.3 is 0 Å². The summed E-state index contributed by atoms with van der Waals surface area (Å²) >= 11 is 0. The van der Waals surface area contributed by atoms with E-state index in [4.69, 9.17) is 9.47 Å². The Hall–Kier alpha value is -2.18. The lowest BCUT2D eigenvalue weighted by Gasteiger charge is -2.14. The summed E-state index contributed by atoms with van der Waals surface area (Å²) < 4.78 is 10.6. The number of nitrogens with one attached hydrogen (secondary N) is 1. The van der Waals surface area contributed by atoms with E-state index in [9.17, 15) is 10.2 Å². The van der Waals surface area contributed by atoms with E-state index in [0.29, 0.717) is 24.5 Å². The van der Waals surface area contributed by atoms with Crippen LogP contribution in [0.25, 0.3) is 0 Å². The second-order valence-electron chi connectivity index (χ2n) is 6.54. The molecule has 5 heteroatoms. The lowest BCUT2D eigenvalue weighted by Crippen LogP contribution is -2.28. The van der Waals surface area contributed by atoms with Crippen LogP contribution >= 0.6 is 0 Å².